The third-order valence-corrected chi connectivity index (χ3v) is 6.42. The predicted octanol–water partition coefficient (Wildman–Crippen LogP) is 4.46. The van der Waals surface area contributed by atoms with Crippen molar-refractivity contribution < 1.29 is 26.6 Å². The number of quaternary nitrogens is 1. The van der Waals surface area contributed by atoms with Crippen molar-refractivity contribution in [3.8, 4) is 0 Å². The van der Waals surface area contributed by atoms with Crippen molar-refractivity contribution in [2.24, 2.45) is 0 Å². The van der Waals surface area contributed by atoms with Gasteiger partial charge in [-0.1, -0.05) is 119 Å². The number of hydrogen-bond acceptors (Lipinski definition) is 1. The fourth-order valence-corrected chi connectivity index (χ4v) is 4.60. The molecule has 31 heavy (non-hydrogen) atoms. The van der Waals surface area contributed by atoms with E-state index in [1.807, 2.05) is 30.3 Å². The highest BCUT2D eigenvalue weighted by Gasteiger charge is 2.36. The smallest absolute Gasteiger partial charge is 0.145 e. The molecular weight excluding hydrogens is 446 g/mol. The van der Waals surface area contributed by atoms with Crippen LogP contribution >= 0.6 is 0 Å². The molecule has 1 N–H and O–H groups in total. The first-order valence-electron chi connectivity index (χ1n) is 12.2. The lowest BCUT2D eigenvalue weighted by atomic mass is 9.92. The molecule has 0 aromatic heterocycles. The van der Waals surface area contributed by atoms with Crippen LogP contribution in [-0.4, -0.2) is 30.2 Å². The second kappa shape index (κ2) is 15.6. The Labute approximate surface area is 202 Å². The van der Waals surface area contributed by atoms with Crippen LogP contribution in [0, 0.1) is 0 Å². The first-order chi connectivity index (χ1) is 14.6. The highest BCUT2D eigenvalue weighted by Crippen LogP contribution is 2.37. The van der Waals surface area contributed by atoms with E-state index in [-0.39, 0.29) is 23.0 Å². The largest absolute Gasteiger partial charge is 1.00 e. The van der Waals surface area contributed by atoms with Crippen LogP contribution in [0.4, 0.5) is 0 Å². The molecule has 0 radical (unpaired) electrons. The third kappa shape index (κ3) is 9.89. The lowest BCUT2D eigenvalue weighted by Gasteiger charge is -2.41. The van der Waals surface area contributed by atoms with Gasteiger partial charge < -0.3 is 26.6 Å². The van der Waals surface area contributed by atoms with Crippen molar-refractivity contribution in [2.45, 2.75) is 83.3 Å². The van der Waals surface area contributed by atoms with Gasteiger partial charge in [0.2, 0.25) is 0 Å². The van der Waals surface area contributed by atoms with Gasteiger partial charge in [0.05, 0.1) is 20.6 Å². The predicted molar refractivity (Wildman–Crippen MR) is 129 cm³/mol. The SMILES string of the molecule is CCCCCCCCCCCC[N+](C)(C)[C@@H](c1ccccc1)[C@H](O)c1ccccc1.[Br-]. The zero-order chi connectivity index (χ0) is 21.7. The molecule has 0 aliphatic rings. The number of aliphatic hydroxyl groups excluding tert-OH is 1. The molecule has 0 aliphatic heterocycles. The number of rotatable bonds is 15. The molecule has 2 aromatic carbocycles. The molecule has 0 fully saturated rings. The van der Waals surface area contributed by atoms with Crippen LogP contribution in [0.15, 0.2) is 60.7 Å². The van der Waals surface area contributed by atoms with Crippen LogP contribution in [-0.2, 0) is 0 Å². The summed E-state index contributed by atoms with van der Waals surface area (Å²) in [5, 5.41) is 11.3. The zero-order valence-corrected chi connectivity index (χ0v) is 21.6. The van der Waals surface area contributed by atoms with Gasteiger partial charge in [-0.3, -0.25) is 0 Å². The van der Waals surface area contributed by atoms with E-state index in [0.717, 1.165) is 16.6 Å². The van der Waals surface area contributed by atoms with E-state index < -0.39 is 6.10 Å². The normalized spacial score (nSPS) is 13.4. The minimum absolute atomic E-state index is 0. The fourth-order valence-electron chi connectivity index (χ4n) is 4.60. The zero-order valence-electron chi connectivity index (χ0n) is 20.0. The maximum absolute atomic E-state index is 11.3. The van der Waals surface area contributed by atoms with Gasteiger partial charge in [0.15, 0.2) is 0 Å². The van der Waals surface area contributed by atoms with Crippen LogP contribution in [0.2, 0.25) is 0 Å². The van der Waals surface area contributed by atoms with Crippen molar-refractivity contribution in [2.75, 3.05) is 20.6 Å². The van der Waals surface area contributed by atoms with Gasteiger partial charge in [0.25, 0.3) is 0 Å². The van der Waals surface area contributed by atoms with E-state index >= 15 is 0 Å². The molecule has 0 bridgehead atoms. The maximum Gasteiger partial charge on any atom is 0.145 e. The molecule has 3 heteroatoms. The Morgan fingerprint density at radius 3 is 1.55 bits per heavy atom. The molecule has 2 rings (SSSR count). The summed E-state index contributed by atoms with van der Waals surface area (Å²) in [6, 6.07) is 20.7. The Bertz CT molecular complexity index is 674. The van der Waals surface area contributed by atoms with Gasteiger partial charge in [-0.05, 0) is 18.4 Å². The van der Waals surface area contributed by atoms with Crippen molar-refractivity contribution in [3.05, 3.63) is 71.8 Å². The molecule has 174 valence electrons. The van der Waals surface area contributed by atoms with Crippen molar-refractivity contribution in [3.63, 3.8) is 0 Å². The van der Waals surface area contributed by atoms with Crippen LogP contribution in [0.5, 0.6) is 0 Å². The molecule has 0 saturated heterocycles. The fraction of sp³-hybridized carbons (Fsp3) is 0.571. The lowest BCUT2D eigenvalue weighted by Crippen LogP contribution is -3.00. The molecule has 2 atom stereocenters. The van der Waals surface area contributed by atoms with Gasteiger partial charge in [-0.2, -0.15) is 0 Å². The Kier molecular flexibility index (Phi) is 14.0. The monoisotopic (exact) mass is 489 g/mol. The lowest BCUT2D eigenvalue weighted by molar-refractivity contribution is -0.926. The summed E-state index contributed by atoms with van der Waals surface area (Å²) >= 11 is 0. The Balaban J connectivity index is 0.00000480. The van der Waals surface area contributed by atoms with Gasteiger partial charge >= 0.3 is 0 Å². The average Bonchev–Trinajstić information content (AvgIpc) is 2.76. The second-order valence-electron chi connectivity index (χ2n) is 9.40. The second-order valence-corrected chi connectivity index (χ2v) is 9.40. The number of nitrogens with zero attached hydrogens (tertiary/aromatic N) is 1. The van der Waals surface area contributed by atoms with Crippen LogP contribution in [0.1, 0.15) is 94.4 Å². The van der Waals surface area contributed by atoms with Gasteiger partial charge in [0.1, 0.15) is 12.1 Å². The third-order valence-electron chi connectivity index (χ3n) is 6.42. The number of halogens is 1. The molecule has 0 aliphatic carbocycles. The summed E-state index contributed by atoms with van der Waals surface area (Å²) < 4.78 is 0.803. The summed E-state index contributed by atoms with van der Waals surface area (Å²) in [6.07, 6.45) is 13.0. The van der Waals surface area contributed by atoms with E-state index in [1.54, 1.807) is 0 Å². The highest BCUT2D eigenvalue weighted by molar-refractivity contribution is 5.25. The first-order valence-corrected chi connectivity index (χ1v) is 12.2. The van der Waals surface area contributed by atoms with Gasteiger partial charge in [0, 0.05) is 5.56 Å². The number of aliphatic hydroxyl groups is 1. The van der Waals surface area contributed by atoms with Crippen LogP contribution in [0.3, 0.4) is 0 Å². The van der Waals surface area contributed by atoms with Gasteiger partial charge in [-0.15, -0.1) is 0 Å². The van der Waals surface area contributed by atoms with E-state index in [2.05, 4.69) is 51.4 Å². The van der Waals surface area contributed by atoms with E-state index in [1.165, 1.54) is 69.8 Å². The van der Waals surface area contributed by atoms with E-state index in [9.17, 15) is 5.11 Å². The standard InChI is InChI=1S/C28H44NO.BrH/c1-4-5-6-7-8-9-10-11-12-19-24-29(2,3)27(25-20-15-13-16-21-25)28(30)26-22-17-14-18-23-26;/h13-18,20-23,27-28,30H,4-12,19,24H2,1-3H3;1H/q+1;/p-1/t27-,28+;/m0./s1. The first kappa shape index (κ1) is 27.9. The Morgan fingerprint density at radius 1 is 0.645 bits per heavy atom. The minimum atomic E-state index is -0.508. The number of likely N-dealkylation sites (N-methyl/N-ethyl adjacent to an activating group) is 1. The summed E-state index contributed by atoms with van der Waals surface area (Å²) in [6.45, 7) is 3.36. The summed E-state index contributed by atoms with van der Waals surface area (Å²) in [7, 11) is 4.55. The molecule has 0 saturated carbocycles. The minimum Gasteiger partial charge on any atom is -1.00 e. The van der Waals surface area contributed by atoms with Crippen molar-refractivity contribution in [1.82, 2.24) is 0 Å². The average molecular weight is 491 g/mol. The summed E-state index contributed by atoms with van der Waals surface area (Å²) in [5.41, 5.74) is 2.21. The van der Waals surface area contributed by atoms with E-state index in [0.29, 0.717) is 0 Å². The molecule has 2 nitrogen and oxygen atoms in total. The van der Waals surface area contributed by atoms with E-state index in [4.69, 9.17) is 0 Å². The van der Waals surface area contributed by atoms with Crippen molar-refractivity contribution in [1.29, 1.82) is 0 Å². The Hall–Kier alpha value is -1.16. The number of benzene rings is 2. The topological polar surface area (TPSA) is 20.2 Å². The van der Waals surface area contributed by atoms with Crippen LogP contribution in [0.25, 0.3) is 0 Å². The van der Waals surface area contributed by atoms with Crippen LogP contribution < -0.4 is 17.0 Å². The summed E-state index contributed by atoms with van der Waals surface area (Å²) in [5.74, 6) is 0. The van der Waals surface area contributed by atoms with Crippen molar-refractivity contribution >= 4 is 0 Å². The molecule has 0 amide bonds. The van der Waals surface area contributed by atoms with Gasteiger partial charge in [-0.25, -0.2) is 0 Å². The molecule has 0 unspecified atom stereocenters. The summed E-state index contributed by atoms with van der Waals surface area (Å²) in [4.78, 5) is 0. The molecular formula is C28H44BrNO. The molecule has 0 heterocycles. The number of unbranched alkanes of at least 4 members (excludes halogenated alkanes) is 9. The molecule has 0 spiro atoms. The maximum atomic E-state index is 11.3. The molecule has 2 aromatic rings. The highest BCUT2D eigenvalue weighted by atomic mass is 79.9. The Morgan fingerprint density at radius 2 is 1.06 bits per heavy atom. The number of hydrogen-bond donors (Lipinski definition) is 1. The quantitative estimate of drug-likeness (QED) is 0.289.